The fourth-order valence-electron chi connectivity index (χ4n) is 3.15. The molecule has 0 aliphatic rings. The summed E-state index contributed by atoms with van der Waals surface area (Å²) in [5.41, 5.74) is 1.33. The summed E-state index contributed by atoms with van der Waals surface area (Å²) in [5, 5.41) is 4.04. The fourth-order valence-corrected chi connectivity index (χ4v) is 3.15. The van der Waals surface area contributed by atoms with Crippen LogP contribution >= 0.6 is 0 Å². The molecule has 0 spiro atoms. The number of hydrogen-bond acceptors (Lipinski definition) is 3. The topological polar surface area (TPSA) is 79.8 Å². The number of hydrogen-bond donors (Lipinski definition) is 2. The second kappa shape index (κ2) is 6.68. The van der Waals surface area contributed by atoms with Crippen LogP contribution in [-0.2, 0) is 13.5 Å². The summed E-state index contributed by atoms with van der Waals surface area (Å²) in [7, 11) is 1.81. The standard InChI is InChI=1S/C20H17FN4O2/c1-25-17-11-13(21)6-7-15(17)23-18(25)8-9-22-20(27)16-10-12-4-2-3-5-14(12)19(26)24-16/h2-7,10-11H,8-9H2,1H3,(H,22,27)(H,24,26). The third-order valence-corrected chi connectivity index (χ3v) is 4.57. The van der Waals surface area contributed by atoms with Crippen LogP contribution in [-0.4, -0.2) is 27.0 Å². The maximum absolute atomic E-state index is 13.4. The maximum Gasteiger partial charge on any atom is 0.267 e. The van der Waals surface area contributed by atoms with Crippen LogP contribution in [0.25, 0.3) is 21.8 Å². The molecule has 0 aliphatic carbocycles. The number of aryl methyl sites for hydroxylation is 1. The molecule has 4 aromatic rings. The van der Waals surface area contributed by atoms with Gasteiger partial charge in [-0.25, -0.2) is 9.37 Å². The van der Waals surface area contributed by atoms with Crippen molar-refractivity contribution in [3.05, 3.63) is 76.2 Å². The summed E-state index contributed by atoms with van der Waals surface area (Å²) >= 11 is 0. The number of H-pyrrole nitrogens is 1. The molecule has 2 aromatic heterocycles. The van der Waals surface area contributed by atoms with Gasteiger partial charge >= 0.3 is 0 Å². The number of rotatable bonds is 4. The number of nitrogens with zero attached hydrogens (tertiary/aromatic N) is 2. The van der Waals surface area contributed by atoms with E-state index in [0.717, 1.165) is 5.82 Å². The highest BCUT2D eigenvalue weighted by molar-refractivity contribution is 5.96. The van der Waals surface area contributed by atoms with Crippen molar-refractivity contribution in [3.63, 3.8) is 0 Å². The van der Waals surface area contributed by atoms with Crippen LogP contribution in [0.5, 0.6) is 0 Å². The van der Waals surface area contributed by atoms with E-state index < -0.39 is 0 Å². The van der Waals surface area contributed by atoms with Crippen molar-refractivity contribution in [3.8, 4) is 0 Å². The lowest BCUT2D eigenvalue weighted by Crippen LogP contribution is -2.28. The van der Waals surface area contributed by atoms with Gasteiger partial charge in [-0.3, -0.25) is 9.59 Å². The van der Waals surface area contributed by atoms with E-state index in [1.54, 1.807) is 30.3 Å². The van der Waals surface area contributed by atoms with Gasteiger partial charge in [-0.1, -0.05) is 18.2 Å². The molecular formula is C20H17FN4O2. The number of fused-ring (bicyclic) bond motifs is 2. The minimum atomic E-state index is -0.359. The van der Waals surface area contributed by atoms with Crippen LogP contribution in [0.1, 0.15) is 16.3 Å². The van der Waals surface area contributed by atoms with E-state index in [0.29, 0.717) is 34.8 Å². The molecule has 0 radical (unpaired) electrons. The molecule has 4 rings (SSSR count). The Hall–Kier alpha value is -3.48. The molecule has 2 heterocycles. The molecule has 6 nitrogen and oxygen atoms in total. The van der Waals surface area contributed by atoms with Crippen LogP contribution in [0.2, 0.25) is 0 Å². The van der Waals surface area contributed by atoms with Gasteiger partial charge in [-0.05, 0) is 35.7 Å². The highest BCUT2D eigenvalue weighted by atomic mass is 19.1. The minimum absolute atomic E-state index is 0.214. The minimum Gasteiger partial charge on any atom is -0.350 e. The summed E-state index contributed by atoms with van der Waals surface area (Å²) in [6.07, 6.45) is 0.482. The second-order valence-corrected chi connectivity index (χ2v) is 6.33. The lowest BCUT2D eigenvalue weighted by molar-refractivity contribution is 0.0949. The Morgan fingerprint density at radius 3 is 2.89 bits per heavy atom. The van der Waals surface area contributed by atoms with Crippen molar-refractivity contribution in [1.82, 2.24) is 19.9 Å². The van der Waals surface area contributed by atoms with E-state index in [-0.39, 0.29) is 23.0 Å². The maximum atomic E-state index is 13.4. The predicted octanol–water partition coefficient (Wildman–Crippen LogP) is 2.53. The molecule has 0 fully saturated rings. The molecule has 0 atom stereocenters. The molecule has 0 aliphatic heterocycles. The van der Waals surface area contributed by atoms with Gasteiger partial charge in [0, 0.05) is 25.4 Å². The molecule has 2 aromatic carbocycles. The van der Waals surface area contributed by atoms with Gasteiger partial charge in [0.25, 0.3) is 11.5 Å². The molecule has 27 heavy (non-hydrogen) atoms. The number of pyridine rings is 1. The molecular weight excluding hydrogens is 347 g/mol. The predicted molar refractivity (Wildman–Crippen MR) is 101 cm³/mol. The third kappa shape index (κ3) is 3.19. The van der Waals surface area contributed by atoms with E-state index in [2.05, 4.69) is 15.3 Å². The number of amides is 1. The van der Waals surface area contributed by atoms with Gasteiger partial charge < -0.3 is 14.9 Å². The molecule has 0 saturated heterocycles. The highest BCUT2D eigenvalue weighted by Gasteiger charge is 2.11. The summed E-state index contributed by atoms with van der Waals surface area (Å²) in [5.74, 6) is 0.0659. The van der Waals surface area contributed by atoms with Gasteiger partial charge in [0.05, 0.1) is 11.0 Å². The number of halogens is 1. The lowest BCUT2D eigenvalue weighted by Gasteiger charge is -2.07. The molecule has 7 heteroatoms. The Labute approximate surface area is 153 Å². The third-order valence-electron chi connectivity index (χ3n) is 4.57. The fraction of sp³-hybridized carbons (Fsp3) is 0.150. The number of nitrogens with one attached hydrogen (secondary N) is 2. The highest BCUT2D eigenvalue weighted by Crippen LogP contribution is 2.16. The van der Waals surface area contributed by atoms with Crippen molar-refractivity contribution in [1.29, 1.82) is 0 Å². The number of benzene rings is 2. The van der Waals surface area contributed by atoms with E-state index in [9.17, 15) is 14.0 Å². The van der Waals surface area contributed by atoms with E-state index in [1.165, 1.54) is 12.1 Å². The second-order valence-electron chi connectivity index (χ2n) is 6.33. The number of carbonyl (C=O) groups excluding carboxylic acids is 1. The van der Waals surface area contributed by atoms with Crippen molar-refractivity contribution < 1.29 is 9.18 Å². The zero-order valence-corrected chi connectivity index (χ0v) is 14.6. The van der Waals surface area contributed by atoms with Gasteiger partial charge in [-0.15, -0.1) is 0 Å². The van der Waals surface area contributed by atoms with Crippen molar-refractivity contribution in [2.24, 2.45) is 7.05 Å². The average molecular weight is 364 g/mol. The van der Waals surface area contributed by atoms with Crippen molar-refractivity contribution >= 4 is 27.7 Å². The van der Waals surface area contributed by atoms with Crippen molar-refractivity contribution in [2.45, 2.75) is 6.42 Å². The van der Waals surface area contributed by atoms with E-state index >= 15 is 0 Å². The lowest BCUT2D eigenvalue weighted by atomic mass is 10.1. The van der Waals surface area contributed by atoms with Gasteiger partial charge in [0.15, 0.2) is 0 Å². The van der Waals surface area contributed by atoms with Crippen LogP contribution in [0.15, 0.2) is 53.3 Å². The Morgan fingerprint density at radius 2 is 2.04 bits per heavy atom. The van der Waals surface area contributed by atoms with Crippen LogP contribution in [0.4, 0.5) is 4.39 Å². The zero-order valence-electron chi connectivity index (χ0n) is 14.6. The molecule has 0 bridgehead atoms. The monoisotopic (exact) mass is 364 g/mol. The number of aromatic nitrogens is 3. The van der Waals surface area contributed by atoms with E-state index in [4.69, 9.17) is 0 Å². The SMILES string of the molecule is Cn1c(CCNC(=O)c2cc3ccccc3c(=O)[nH]2)nc2ccc(F)cc21. The van der Waals surface area contributed by atoms with Crippen LogP contribution < -0.4 is 10.9 Å². The molecule has 0 saturated carbocycles. The first kappa shape index (κ1) is 17.0. The van der Waals surface area contributed by atoms with Gasteiger partial charge in [0.1, 0.15) is 17.3 Å². The Bertz CT molecular complexity index is 1230. The van der Waals surface area contributed by atoms with Crippen molar-refractivity contribution in [2.75, 3.05) is 6.54 Å². The smallest absolute Gasteiger partial charge is 0.267 e. The zero-order chi connectivity index (χ0) is 19.0. The Balaban J connectivity index is 1.49. The van der Waals surface area contributed by atoms with E-state index in [1.807, 2.05) is 17.7 Å². The summed E-state index contributed by atoms with van der Waals surface area (Å²) in [4.78, 5) is 31.5. The Morgan fingerprint density at radius 1 is 1.22 bits per heavy atom. The number of carbonyl (C=O) groups is 1. The Kier molecular flexibility index (Phi) is 4.19. The van der Waals surface area contributed by atoms with Crippen LogP contribution in [0.3, 0.4) is 0 Å². The molecule has 136 valence electrons. The van der Waals surface area contributed by atoms with Crippen LogP contribution in [0, 0.1) is 5.82 Å². The van der Waals surface area contributed by atoms with Gasteiger partial charge in [0.2, 0.25) is 0 Å². The molecule has 0 unspecified atom stereocenters. The normalized spacial score (nSPS) is 11.2. The largest absolute Gasteiger partial charge is 0.350 e. The first-order valence-corrected chi connectivity index (χ1v) is 8.54. The number of aromatic amines is 1. The number of imidazole rings is 1. The summed E-state index contributed by atoms with van der Waals surface area (Å²) < 4.78 is 15.2. The molecule has 1 amide bonds. The first-order chi connectivity index (χ1) is 13.0. The van der Waals surface area contributed by atoms with Gasteiger partial charge in [-0.2, -0.15) is 0 Å². The average Bonchev–Trinajstić information content (AvgIpc) is 2.97. The summed E-state index contributed by atoms with van der Waals surface area (Å²) in [6.45, 7) is 0.341. The summed E-state index contributed by atoms with van der Waals surface area (Å²) in [6, 6.07) is 13.2. The molecule has 2 N–H and O–H groups in total. The first-order valence-electron chi connectivity index (χ1n) is 8.54. The quantitative estimate of drug-likeness (QED) is 0.584.